The van der Waals surface area contributed by atoms with Crippen molar-refractivity contribution in [3.05, 3.63) is 44.0 Å². The predicted octanol–water partition coefficient (Wildman–Crippen LogP) is 2.37. The highest BCUT2D eigenvalue weighted by Crippen LogP contribution is 2.25. The van der Waals surface area contributed by atoms with Crippen LogP contribution in [0.15, 0.2) is 17.2 Å². The standard InChI is InChI=1S/C16H18ClN5O2S/c1-8-10(3)25-16-13(8)15(24)20-12(21-16)4-5-18-14(23)9(2)22-7-11(17)6-19-22/h6-7,9H,4-5H2,1-3H3,(H,18,23)(H,20,21,24)/t9-/m1/s1. The smallest absolute Gasteiger partial charge is 0.259 e. The second kappa shape index (κ2) is 6.97. The molecule has 0 aliphatic heterocycles. The first-order chi connectivity index (χ1) is 11.9. The van der Waals surface area contributed by atoms with Gasteiger partial charge >= 0.3 is 0 Å². The van der Waals surface area contributed by atoms with Crippen molar-refractivity contribution in [1.82, 2.24) is 25.1 Å². The molecule has 25 heavy (non-hydrogen) atoms. The molecule has 0 aliphatic carbocycles. The fraction of sp³-hybridized carbons (Fsp3) is 0.375. The maximum Gasteiger partial charge on any atom is 0.259 e. The molecule has 1 atom stereocenters. The summed E-state index contributed by atoms with van der Waals surface area (Å²) in [6.07, 6.45) is 3.53. The fourth-order valence-corrected chi connectivity index (χ4v) is 3.71. The van der Waals surface area contributed by atoms with Crippen molar-refractivity contribution < 1.29 is 4.79 Å². The minimum Gasteiger partial charge on any atom is -0.354 e. The third-order valence-corrected chi connectivity index (χ3v) is 5.39. The van der Waals surface area contributed by atoms with Gasteiger partial charge in [-0.3, -0.25) is 14.3 Å². The number of aromatic nitrogens is 4. The molecule has 0 aromatic carbocycles. The quantitative estimate of drug-likeness (QED) is 0.711. The predicted molar refractivity (Wildman–Crippen MR) is 98.4 cm³/mol. The van der Waals surface area contributed by atoms with Gasteiger partial charge in [-0.05, 0) is 26.3 Å². The van der Waals surface area contributed by atoms with Crippen LogP contribution >= 0.6 is 22.9 Å². The number of nitrogens with zero attached hydrogens (tertiary/aromatic N) is 3. The Hall–Kier alpha value is -2.19. The summed E-state index contributed by atoms with van der Waals surface area (Å²) in [6, 6.07) is -0.468. The zero-order valence-electron chi connectivity index (χ0n) is 14.1. The zero-order chi connectivity index (χ0) is 18.1. The number of H-pyrrole nitrogens is 1. The van der Waals surface area contributed by atoms with E-state index in [0.29, 0.717) is 29.2 Å². The van der Waals surface area contributed by atoms with Crippen LogP contribution in [-0.2, 0) is 11.2 Å². The Morgan fingerprint density at radius 3 is 2.92 bits per heavy atom. The van der Waals surface area contributed by atoms with E-state index in [1.807, 2.05) is 13.8 Å². The molecule has 3 aromatic heterocycles. The first-order valence-electron chi connectivity index (χ1n) is 7.83. The van der Waals surface area contributed by atoms with E-state index in [2.05, 4.69) is 20.4 Å². The molecule has 0 bridgehead atoms. The number of nitrogens with one attached hydrogen (secondary N) is 2. The number of rotatable bonds is 5. The number of hydrogen-bond donors (Lipinski definition) is 2. The van der Waals surface area contributed by atoms with Gasteiger partial charge in [0.1, 0.15) is 16.7 Å². The molecule has 0 saturated carbocycles. The Labute approximate surface area is 153 Å². The summed E-state index contributed by atoms with van der Waals surface area (Å²) >= 11 is 7.32. The van der Waals surface area contributed by atoms with Crippen LogP contribution in [0.1, 0.15) is 29.2 Å². The largest absolute Gasteiger partial charge is 0.354 e. The van der Waals surface area contributed by atoms with Crippen LogP contribution in [0.2, 0.25) is 5.02 Å². The number of fused-ring (bicyclic) bond motifs is 1. The van der Waals surface area contributed by atoms with Crippen molar-refractivity contribution in [2.45, 2.75) is 33.2 Å². The molecule has 3 rings (SSSR count). The molecular formula is C16H18ClN5O2S. The van der Waals surface area contributed by atoms with Crippen LogP contribution in [-0.4, -0.2) is 32.2 Å². The molecule has 0 unspecified atom stereocenters. The molecule has 3 heterocycles. The SMILES string of the molecule is Cc1sc2nc(CCNC(=O)[C@@H](C)n3cc(Cl)cn3)[nH]c(=O)c2c1C. The minimum atomic E-state index is -0.468. The van der Waals surface area contributed by atoms with Gasteiger partial charge in [-0.25, -0.2) is 4.98 Å². The van der Waals surface area contributed by atoms with E-state index in [1.54, 1.807) is 13.1 Å². The summed E-state index contributed by atoms with van der Waals surface area (Å²) < 4.78 is 1.50. The Morgan fingerprint density at radius 2 is 2.24 bits per heavy atom. The van der Waals surface area contributed by atoms with Crippen molar-refractivity contribution in [3.63, 3.8) is 0 Å². The molecule has 2 N–H and O–H groups in total. The number of thiophene rings is 1. The second-order valence-corrected chi connectivity index (χ2v) is 7.47. The number of aryl methyl sites for hydroxylation is 2. The van der Waals surface area contributed by atoms with Gasteiger partial charge in [-0.1, -0.05) is 11.6 Å². The van der Waals surface area contributed by atoms with Crippen molar-refractivity contribution in [2.24, 2.45) is 0 Å². The third kappa shape index (κ3) is 3.59. The highest BCUT2D eigenvalue weighted by Gasteiger charge is 2.16. The van der Waals surface area contributed by atoms with Gasteiger partial charge in [0.15, 0.2) is 0 Å². The topological polar surface area (TPSA) is 92.7 Å². The van der Waals surface area contributed by atoms with Crippen LogP contribution < -0.4 is 10.9 Å². The van der Waals surface area contributed by atoms with E-state index in [9.17, 15) is 9.59 Å². The maximum absolute atomic E-state index is 12.2. The Bertz CT molecular complexity index is 990. The number of carbonyl (C=O) groups is 1. The lowest BCUT2D eigenvalue weighted by Crippen LogP contribution is -2.33. The van der Waals surface area contributed by atoms with Crippen molar-refractivity contribution in [1.29, 1.82) is 0 Å². The van der Waals surface area contributed by atoms with Crippen molar-refractivity contribution >= 4 is 39.1 Å². The highest BCUT2D eigenvalue weighted by molar-refractivity contribution is 7.18. The highest BCUT2D eigenvalue weighted by atomic mass is 35.5. The molecule has 1 amide bonds. The number of aromatic amines is 1. The van der Waals surface area contributed by atoms with E-state index in [4.69, 9.17) is 11.6 Å². The molecule has 9 heteroatoms. The van der Waals surface area contributed by atoms with Gasteiger partial charge in [0, 0.05) is 24.0 Å². The van der Waals surface area contributed by atoms with Gasteiger partial charge in [-0.2, -0.15) is 5.10 Å². The van der Waals surface area contributed by atoms with E-state index < -0.39 is 6.04 Å². The number of carbonyl (C=O) groups excluding carboxylic acids is 1. The summed E-state index contributed by atoms with van der Waals surface area (Å²) in [5.41, 5.74) is 0.841. The summed E-state index contributed by atoms with van der Waals surface area (Å²) in [5, 5.41) is 7.98. The average Bonchev–Trinajstić information content (AvgIpc) is 3.11. The summed E-state index contributed by atoms with van der Waals surface area (Å²) in [5.74, 6) is 0.389. The number of hydrogen-bond acceptors (Lipinski definition) is 5. The molecule has 0 fully saturated rings. The third-order valence-electron chi connectivity index (χ3n) is 4.10. The van der Waals surface area contributed by atoms with Crippen LogP contribution in [0.3, 0.4) is 0 Å². The van der Waals surface area contributed by atoms with Gasteiger partial charge in [0.05, 0.1) is 16.6 Å². The van der Waals surface area contributed by atoms with Crippen molar-refractivity contribution in [3.8, 4) is 0 Å². The first kappa shape index (κ1) is 17.6. The lowest BCUT2D eigenvalue weighted by atomic mass is 10.2. The lowest BCUT2D eigenvalue weighted by Gasteiger charge is -2.12. The van der Waals surface area contributed by atoms with Crippen LogP contribution in [0.25, 0.3) is 10.2 Å². The van der Waals surface area contributed by atoms with E-state index in [0.717, 1.165) is 15.3 Å². The molecule has 3 aromatic rings. The first-order valence-corrected chi connectivity index (χ1v) is 9.02. The zero-order valence-corrected chi connectivity index (χ0v) is 15.7. The van der Waals surface area contributed by atoms with Gasteiger partial charge in [0.2, 0.25) is 5.91 Å². The molecule has 132 valence electrons. The second-order valence-electron chi connectivity index (χ2n) is 5.83. The number of amides is 1. The molecule has 7 nitrogen and oxygen atoms in total. The summed E-state index contributed by atoms with van der Waals surface area (Å²) in [4.78, 5) is 33.5. The normalized spacial score (nSPS) is 12.5. The fourth-order valence-electron chi connectivity index (χ4n) is 2.52. The summed E-state index contributed by atoms with van der Waals surface area (Å²) in [7, 11) is 0. The van der Waals surface area contributed by atoms with Gasteiger partial charge in [-0.15, -0.1) is 11.3 Å². The Kier molecular flexibility index (Phi) is 4.91. The Morgan fingerprint density at radius 1 is 1.48 bits per heavy atom. The molecular weight excluding hydrogens is 362 g/mol. The van der Waals surface area contributed by atoms with Crippen LogP contribution in [0.4, 0.5) is 0 Å². The minimum absolute atomic E-state index is 0.132. The van der Waals surface area contributed by atoms with Crippen molar-refractivity contribution in [2.75, 3.05) is 6.54 Å². The van der Waals surface area contributed by atoms with Gasteiger partial charge in [0.25, 0.3) is 5.56 Å². The molecule has 0 radical (unpaired) electrons. The molecule has 0 saturated heterocycles. The molecule has 0 aliphatic rings. The number of halogens is 1. The molecule has 0 spiro atoms. The van der Waals surface area contributed by atoms with E-state index in [-0.39, 0.29) is 11.5 Å². The van der Waals surface area contributed by atoms with Crippen LogP contribution in [0.5, 0.6) is 0 Å². The monoisotopic (exact) mass is 379 g/mol. The van der Waals surface area contributed by atoms with E-state index in [1.165, 1.54) is 22.2 Å². The Balaban J connectivity index is 1.65. The maximum atomic E-state index is 12.2. The lowest BCUT2D eigenvalue weighted by molar-refractivity contribution is -0.124. The van der Waals surface area contributed by atoms with Crippen LogP contribution in [0, 0.1) is 13.8 Å². The van der Waals surface area contributed by atoms with E-state index >= 15 is 0 Å². The van der Waals surface area contributed by atoms with Gasteiger partial charge < -0.3 is 10.3 Å². The summed E-state index contributed by atoms with van der Waals surface area (Å²) in [6.45, 7) is 6.01. The average molecular weight is 380 g/mol.